The number of hydrogen-bond acceptors (Lipinski definition) is 2. The van der Waals surface area contributed by atoms with E-state index < -0.39 is 0 Å². The predicted molar refractivity (Wildman–Crippen MR) is 87.8 cm³/mol. The molecule has 0 aromatic heterocycles. The first-order valence-electron chi connectivity index (χ1n) is 8.55. The molecule has 0 atom stereocenters. The molecule has 1 rings (SSSR count). The van der Waals surface area contributed by atoms with E-state index in [1.54, 1.807) is 0 Å². The van der Waals surface area contributed by atoms with Gasteiger partial charge in [-0.3, -0.25) is 4.99 Å². The monoisotopic (exact) mass is 282 g/mol. The molecule has 0 amide bonds. The minimum Gasteiger partial charge on any atom is -0.370 e. The van der Waals surface area contributed by atoms with Gasteiger partial charge < -0.3 is 16.8 Å². The van der Waals surface area contributed by atoms with E-state index in [4.69, 9.17) is 11.5 Å². The predicted octanol–water partition coefficient (Wildman–Crippen LogP) is 2.77. The summed E-state index contributed by atoms with van der Waals surface area (Å²) in [5, 5.41) is 3.63. The lowest BCUT2D eigenvalue weighted by molar-refractivity contribution is 0.341. The zero-order valence-corrected chi connectivity index (χ0v) is 13.1. The van der Waals surface area contributed by atoms with Crippen LogP contribution in [-0.2, 0) is 0 Å². The van der Waals surface area contributed by atoms with Crippen LogP contribution in [0.2, 0.25) is 0 Å². The first kappa shape index (κ1) is 17.3. The number of guanidine groups is 1. The molecule has 0 aromatic carbocycles. The molecule has 0 spiro atoms. The van der Waals surface area contributed by atoms with E-state index in [1.165, 1.54) is 77.3 Å². The van der Waals surface area contributed by atoms with Crippen LogP contribution in [0, 0.1) is 5.92 Å². The fraction of sp³-hybridized carbons (Fsp3) is 0.938. The van der Waals surface area contributed by atoms with E-state index in [2.05, 4.69) is 10.3 Å². The highest BCUT2D eigenvalue weighted by Gasteiger charge is 2.11. The van der Waals surface area contributed by atoms with E-state index in [0.29, 0.717) is 0 Å². The van der Waals surface area contributed by atoms with Gasteiger partial charge in [0.1, 0.15) is 0 Å². The molecule has 20 heavy (non-hydrogen) atoms. The third-order valence-electron chi connectivity index (χ3n) is 4.21. The quantitative estimate of drug-likeness (QED) is 0.310. The molecule has 4 nitrogen and oxygen atoms in total. The lowest BCUT2D eigenvalue weighted by Crippen LogP contribution is -2.25. The van der Waals surface area contributed by atoms with Crippen molar-refractivity contribution in [3.05, 3.63) is 0 Å². The van der Waals surface area contributed by atoms with Gasteiger partial charge >= 0.3 is 0 Å². The molecule has 118 valence electrons. The van der Waals surface area contributed by atoms with Crippen LogP contribution in [0.3, 0.4) is 0 Å². The summed E-state index contributed by atoms with van der Waals surface area (Å²) in [5.41, 5.74) is 10.6. The van der Waals surface area contributed by atoms with Crippen LogP contribution < -0.4 is 16.8 Å². The van der Waals surface area contributed by atoms with E-state index >= 15 is 0 Å². The Bertz CT molecular complexity index is 243. The number of nitrogens with zero attached hydrogens (tertiary/aromatic N) is 1. The minimum absolute atomic E-state index is 0.217. The van der Waals surface area contributed by atoms with Crippen LogP contribution in [0.4, 0.5) is 0 Å². The summed E-state index contributed by atoms with van der Waals surface area (Å²) in [5.74, 6) is 1.17. The number of nitrogens with one attached hydrogen (secondary N) is 1. The highest BCUT2D eigenvalue weighted by Crippen LogP contribution is 2.22. The molecule has 0 aliphatic heterocycles. The number of hydrogen-bond donors (Lipinski definition) is 3. The van der Waals surface area contributed by atoms with Gasteiger partial charge in [-0.15, -0.1) is 0 Å². The van der Waals surface area contributed by atoms with Crippen LogP contribution in [0.15, 0.2) is 4.99 Å². The summed E-state index contributed by atoms with van der Waals surface area (Å²) in [7, 11) is 0. The second-order valence-corrected chi connectivity index (χ2v) is 6.14. The number of nitrogens with two attached hydrogens (primary N) is 2. The molecule has 0 aromatic rings. The second-order valence-electron chi connectivity index (χ2n) is 6.14. The zero-order chi connectivity index (χ0) is 14.5. The molecule has 0 unspecified atom stereocenters. The Labute approximate surface area is 124 Å². The van der Waals surface area contributed by atoms with E-state index in [-0.39, 0.29) is 5.96 Å². The molecule has 0 heterocycles. The molecule has 1 aliphatic carbocycles. The van der Waals surface area contributed by atoms with Gasteiger partial charge in [0.2, 0.25) is 0 Å². The largest absolute Gasteiger partial charge is 0.370 e. The average molecular weight is 282 g/mol. The average Bonchev–Trinajstić information content (AvgIpc) is 2.45. The van der Waals surface area contributed by atoms with Crippen molar-refractivity contribution in [1.29, 1.82) is 0 Å². The Kier molecular flexibility index (Phi) is 10.4. The molecule has 0 radical (unpaired) electrons. The third kappa shape index (κ3) is 10.1. The molecule has 1 aliphatic rings. The van der Waals surface area contributed by atoms with Gasteiger partial charge in [-0.2, -0.15) is 0 Å². The molecular weight excluding hydrogens is 248 g/mol. The van der Waals surface area contributed by atoms with Crippen molar-refractivity contribution < 1.29 is 0 Å². The van der Waals surface area contributed by atoms with Crippen LogP contribution in [0.1, 0.15) is 70.6 Å². The highest BCUT2D eigenvalue weighted by atomic mass is 15.0. The smallest absolute Gasteiger partial charge is 0.185 e. The van der Waals surface area contributed by atoms with Crippen LogP contribution in [0.5, 0.6) is 0 Å². The Hall–Kier alpha value is -0.770. The van der Waals surface area contributed by atoms with Crippen LogP contribution in [-0.4, -0.2) is 25.6 Å². The van der Waals surface area contributed by atoms with E-state index in [1.807, 2.05) is 0 Å². The second kappa shape index (κ2) is 12.0. The first-order valence-corrected chi connectivity index (χ1v) is 8.55. The topological polar surface area (TPSA) is 76.4 Å². The zero-order valence-electron chi connectivity index (χ0n) is 13.1. The number of rotatable bonds is 11. The van der Waals surface area contributed by atoms with Crippen molar-refractivity contribution in [1.82, 2.24) is 5.32 Å². The van der Waals surface area contributed by atoms with Gasteiger partial charge in [-0.1, -0.05) is 44.9 Å². The number of aliphatic imine (C=N–C) groups is 1. The van der Waals surface area contributed by atoms with Crippen molar-refractivity contribution in [2.24, 2.45) is 22.4 Å². The molecule has 1 saturated carbocycles. The Morgan fingerprint density at radius 1 is 0.900 bits per heavy atom. The van der Waals surface area contributed by atoms with E-state index in [0.717, 1.165) is 18.9 Å². The molecular formula is C16H34N4. The van der Waals surface area contributed by atoms with Gasteiger partial charge in [0.15, 0.2) is 5.96 Å². The fourth-order valence-corrected chi connectivity index (χ4v) is 2.97. The summed E-state index contributed by atoms with van der Waals surface area (Å²) >= 11 is 0. The maximum Gasteiger partial charge on any atom is 0.185 e. The molecule has 4 heteroatoms. The van der Waals surface area contributed by atoms with Gasteiger partial charge in [0.25, 0.3) is 0 Å². The highest BCUT2D eigenvalue weighted by molar-refractivity contribution is 5.75. The van der Waals surface area contributed by atoms with Crippen molar-refractivity contribution in [2.75, 3.05) is 19.6 Å². The van der Waals surface area contributed by atoms with Crippen molar-refractivity contribution in [3.8, 4) is 0 Å². The summed E-state index contributed by atoms with van der Waals surface area (Å²) in [6.45, 7) is 3.23. The van der Waals surface area contributed by atoms with Crippen LogP contribution in [0.25, 0.3) is 0 Å². The molecule has 0 bridgehead atoms. The standard InChI is InChI=1S/C16H34N4/c17-16(18)20-13-9-4-2-1-3-8-12-19-14-15-10-6-5-7-11-15/h15,19H,1-14H2,(H4,17,18,20). The lowest BCUT2D eigenvalue weighted by atomic mass is 9.89. The molecule has 0 saturated heterocycles. The first-order chi connectivity index (χ1) is 9.79. The normalized spacial score (nSPS) is 16.2. The fourth-order valence-electron chi connectivity index (χ4n) is 2.97. The Morgan fingerprint density at radius 2 is 1.55 bits per heavy atom. The van der Waals surface area contributed by atoms with Gasteiger partial charge in [0, 0.05) is 6.54 Å². The maximum atomic E-state index is 5.28. The summed E-state index contributed by atoms with van der Waals surface area (Å²) in [6, 6.07) is 0. The van der Waals surface area contributed by atoms with Gasteiger partial charge in [-0.25, -0.2) is 0 Å². The lowest BCUT2D eigenvalue weighted by Gasteiger charge is -2.21. The van der Waals surface area contributed by atoms with Gasteiger partial charge in [0.05, 0.1) is 0 Å². The summed E-state index contributed by atoms with van der Waals surface area (Å²) in [4.78, 5) is 3.99. The Morgan fingerprint density at radius 3 is 2.25 bits per heavy atom. The van der Waals surface area contributed by atoms with Crippen molar-refractivity contribution in [2.45, 2.75) is 70.6 Å². The van der Waals surface area contributed by atoms with Crippen molar-refractivity contribution in [3.63, 3.8) is 0 Å². The third-order valence-corrected chi connectivity index (χ3v) is 4.21. The molecule has 1 fully saturated rings. The van der Waals surface area contributed by atoms with Crippen molar-refractivity contribution >= 4 is 5.96 Å². The minimum atomic E-state index is 0.217. The summed E-state index contributed by atoms with van der Waals surface area (Å²) < 4.78 is 0. The number of unbranched alkanes of at least 4 members (excludes halogenated alkanes) is 5. The van der Waals surface area contributed by atoms with Crippen LogP contribution >= 0.6 is 0 Å². The molecule has 5 N–H and O–H groups in total. The van der Waals surface area contributed by atoms with E-state index in [9.17, 15) is 0 Å². The Balaban J connectivity index is 1.75. The SMILES string of the molecule is NC(N)=NCCCCCCCCNCC1CCCCC1. The summed E-state index contributed by atoms with van der Waals surface area (Å²) in [6.07, 6.45) is 14.9. The van der Waals surface area contributed by atoms with Gasteiger partial charge in [-0.05, 0) is 44.7 Å². The maximum absolute atomic E-state index is 5.28.